The van der Waals surface area contributed by atoms with E-state index in [4.69, 9.17) is 0 Å². The second kappa shape index (κ2) is 11.8. The first-order valence-electron chi connectivity index (χ1n) is 17.3. The van der Waals surface area contributed by atoms with Crippen LogP contribution in [0.25, 0.3) is 86.9 Å². The molecular weight excluding hydrogens is 621 g/mol. The summed E-state index contributed by atoms with van der Waals surface area (Å²) in [5.41, 5.74) is 18.0. The van der Waals surface area contributed by atoms with Crippen molar-refractivity contribution in [3.05, 3.63) is 193 Å². The maximum atomic E-state index is 2.43. The van der Waals surface area contributed by atoms with Crippen molar-refractivity contribution in [3.8, 4) is 66.8 Å². The van der Waals surface area contributed by atoms with Crippen LogP contribution in [0.4, 0.5) is 0 Å². The lowest BCUT2D eigenvalue weighted by Gasteiger charge is -2.12. The topological polar surface area (TPSA) is 0 Å². The SMILES string of the molecule is c1ccc(-c2ccc(-c3ccc4sc5c(-c6ccc7c(c6)-c6ccccc6C7)cc(-c6ccc(-c7ccccc7)cc6)cc5c4c3)cc2)cc1. The molecule has 1 aromatic heterocycles. The first-order valence-corrected chi connectivity index (χ1v) is 18.1. The van der Waals surface area contributed by atoms with E-state index in [1.54, 1.807) is 0 Å². The summed E-state index contributed by atoms with van der Waals surface area (Å²) in [5.74, 6) is 0. The van der Waals surface area contributed by atoms with Crippen LogP contribution in [0.2, 0.25) is 0 Å². The van der Waals surface area contributed by atoms with Crippen LogP contribution in [0.15, 0.2) is 182 Å². The highest BCUT2D eigenvalue weighted by atomic mass is 32.1. The van der Waals surface area contributed by atoms with E-state index in [2.05, 4.69) is 182 Å². The van der Waals surface area contributed by atoms with E-state index in [0.717, 1.165) is 6.42 Å². The van der Waals surface area contributed by atoms with Gasteiger partial charge in [0.25, 0.3) is 0 Å². The van der Waals surface area contributed by atoms with Gasteiger partial charge in [0.2, 0.25) is 0 Å². The van der Waals surface area contributed by atoms with E-state index in [0.29, 0.717) is 0 Å². The molecule has 10 rings (SSSR count). The molecule has 0 nitrogen and oxygen atoms in total. The van der Waals surface area contributed by atoms with E-state index >= 15 is 0 Å². The van der Waals surface area contributed by atoms with Gasteiger partial charge in [-0.05, 0) is 109 Å². The second-order valence-corrected chi connectivity index (χ2v) is 14.4. The number of hydrogen-bond donors (Lipinski definition) is 0. The van der Waals surface area contributed by atoms with Gasteiger partial charge in [-0.15, -0.1) is 11.3 Å². The summed E-state index contributed by atoms with van der Waals surface area (Å²) < 4.78 is 2.65. The Morgan fingerprint density at radius 1 is 0.300 bits per heavy atom. The van der Waals surface area contributed by atoms with Crippen molar-refractivity contribution in [1.82, 2.24) is 0 Å². The molecule has 1 aliphatic carbocycles. The van der Waals surface area contributed by atoms with E-state index in [9.17, 15) is 0 Å². The number of benzene rings is 8. The van der Waals surface area contributed by atoms with Crippen molar-refractivity contribution < 1.29 is 0 Å². The molecule has 0 bridgehead atoms. The van der Waals surface area contributed by atoms with Gasteiger partial charge >= 0.3 is 0 Å². The lowest BCUT2D eigenvalue weighted by Crippen LogP contribution is -1.86. The number of thiophene rings is 1. The summed E-state index contributed by atoms with van der Waals surface area (Å²) in [7, 11) is 0. The highest BCUT2D eigenvalue weighted by Crippen LogP contribution is 2.46. The monoisotopic (exact) mass is 652 g/mol. The first-order chi connectivity index (χ1) is 24.7. The Kier molecular flexibility index (Phi) is 6.85. The molecule has 0 aliphatic heterocycles. The zero-order chi connectivity index (χ0) is 33.0. The minimum atomic E-state index is 1.01. The molecule has 9 aromatic rings. The van der Waals surface area contributed by atoms with Crippen LogP contribution >= 0.6 is 11.3 Å². The Balaban J connectivity index is 1.13. The van der Waals surface area contributed by atoms with E-state index in [1.807, 2.05) is 11.3 Å². The Hall–Kier alpha value is -6.02. The number of hydrogen-bond acceptors (Lipinski definition) is 1. The zero-order valence-corrected chi connectivity index (χ0v) is 28.3. The Labute approximate surface area is 296 Å². The summed E-state index contributed by atoms with van der Waals surface area (Å²) in [6, 6.07) is 67.1. The molecule has 1 heteroatoms. The fourth-order valence-corrected chi connectivity index (χ4v) is 8.90. The number of fused-ring (bicyclic) bond motifs is 6. The van der Waals surface area contributed by atoms with Gasteiger partial charge in [-0.1, -0.05) is 152 Å². The standard InChI is InChI=1S/C49H32S/c1-3-9-32(10-4-1)34-15-19-36(20-16-34)38-25-26-48-46(28-38)47-31-42(37-21-17-35(18-22-37)33-11-5-2-6-12-33)30-45(49(47)50-48)41-24-23-40-27-39-13-7-8-14-43(39)44(40)29-41/h1-26,28-31H,27H2. The smallest absolute Gasteiger partial charge is 0.0434 e. The maximum Gasteiger partial charge on any atom is 0.0434 e. The third-order valence-corrected chi connectivity index (χ3v) is 11.6. The van der Waals surface area contributed by atoms with Gasteiger partial charge in [-0.3, -0.25) is 0 Å². The van der Waals surface area contributed by atoms with Gasteiger partial charge in [-0.2, -0.15) is 0 Å². The quantitative estimate of drug-likeness (QED) is 0.174. The van der Waals surface area contributed by atoms with Gasteiger partial charge < -0.3 is 0 Å². The molecule has 1 heterocycles. The summed E-state index contributed by atoms with van der Waals surface area (Å²) in [6.45, 7) is 0. The van der Waals surface area contributed by atoms with Gasteiger partial charge in [0, 0.05) is 25.7 Å². The van der Waals surface area contributed by atoms with E-state index in [-0.39, 0.29) is 0 Å². The maximum absolute atomic E-state index is 2.43. The van der Waals surface area contributed by atoms with Gasteiger partial charge in [0.15, 0.2) is 0 Å². The Morgan fingerprint density at radius 2 is 0.780 bits per heavy atom. The van der Waals surface area contributed by atoms with Crippen LogP contribution < -0.4 is 0 Å². The molecule has 0 unspecified atom stereocenters. The van der Waals surface area contributed by atoms with Crippen LogP contribution in [-0.2, 0) is 6.42 Å². The molecule has 50 heavy (non-hydrogen) atoms. The van der Waals surface area contributed by atoms with Crippen LogP contribution in [0.3, 0.4) is 0 Å². The summed E-state index contributed by atoms with van der Waals surface area (Å²) in [6.07, 6.45) is 1.01. The third kappa shape index (κ3) is 4.98. The normalized spacial score (nSPS) is 11.9. The van der Waals surface area contributed by atoms with Crippen molar-refractivity contribution in [1.29, 1.82) is 0 Å². The molecule has 0 amide bonds. The molecule has 0 saturated heterocycles. The third-order valence-electron chi connectivity index (χ3n) is 10.3. The fourth-order valence-electron chi connectivity index (χ4n) is 7.70. The Morgan fingerprint density at radius 3 is 1.46 bits per heavy atom. The van der Waals surface area contributed by atoms with Crippen molar-refractivity contribution >= 4 is 31.5 Å². The molecule has 0 fully saturated rings. The second-order valence-electron chi connectivity index (χ2n) is 13.3. The zero-order valence-electron chi connectivity index (χ0n) is 27.4. The van der Waals surface area contributed by atoms with Crippen LogP contribution in [0, 0.1) is 0 Å². The highest BCUT2D eigenvalue weighted by Gasteiger charge is 2.20. The molecule has 0 radical (unpaired) electrons. The van der Waals surface area contributed by atoms with Crippen LogP contribution in [-0.4, -0.2) is 0 Å². The summed E-state index contributed by atoms with van der Waals surface area (Å²) in [5, 5.41) is 2.62. The highest BCUT2D eigenvalue weighted by molar-refractivity contribution is 7.26. The molecule has 1 aliphatic rings. The van der Waals surface area contributed by atoms with Crippen molar-refractivity contribution in [2.24, 2.45) is 0 Å². The van der Waals surface area contributed by atoms with Gasteiger partial charge in [0.05, 0.1) is 0 Å². The minimum Gasteiger partial charge on any atom is -0.135 e. The van der Waals surface area contributed by atoms with E-state index in [1.165, 1.54) is 98.1 Å². The van der Waals surface area contributed by atoms with Crippen LogP contribution in [0.1, 0.15) is 11.1 Å². The van der Waals surface area contributed by atoms with E-state index < -0.39 is 0 Å². The van der Waals surface area contributed by atoms with Crippen LogP contribution in [0.5, 0.6) is 0 Å². The average Bonchev–Trinajstić information content (AvgIpc) is 3.76. The molecule has 234 valence electrons. The average molecular weight is 653 g/mol. The van der Waals surface area contributed by atoms with Gasteiger partial charge in [0.1, 0.15) is 0 Å². The van der Waals surface area contributed by atoms with Crippen molar-refractivity contribution in [2.45, 2.75) is 6.42 Å². The Bertz CT molecular complexity index is 2680. The molecule has 0 spiro atoms. The summed E-state index contributed by atoms with van der Waals surface area (Å²) in [4.78, 5) is 0. The minimum absolute atomic E-state index is 1.01. The molecule has 8 aromatic carbocycles. The van der Waals surface area contributed by atoms with Crippen molar-refractivity contribution in [3.63, 3.8) is 0 Å². The first kappa shape index (κ1) is 28.9. The summed E-state index contributed by atoms with van der Waals surface area (Å²) >= 11 is 1.91. The molecule has 0 saturated carbocycles. The molecular formula is C49H32S. The van der Waals surface area contributed by atoms with Gasteiger partial charge in [-0.25, -0.2) is 0 Å². The fraction of sp³-hybridized carbons (Fsp3) is 0.0204. The predicted molar refractivity (Wildman–Crippen MR) is 215 cm³/mol. The number of rotatable bonds is 5. The molecule has 0 atom stereocenters. The lowest BCUT2D eigenvalue weighted by molar-refractivity contribution is 1.26. The molecule has 0 N–H and O–H groups in total. The lowest BCUT2D eigenvalue weighted by atomic mass is 9.92. The largest absolute Gasteiger partial charge is 0.135 e. The predicted octanol–water partition coefficient (Wildman–Crippen LogP) is 14.0. The van der Waals surface area contributed by atoms with Crippen molar-refractivity contribution in [2.75, 3.05) is 0 Å².